The molecule has 1 aromatic rings. The number of aromatic carboxylic acids is 1. The molecule has 0 aliphatic heterocycles. The Morgan fingerprint density at radius 1 is 1.36 bits per heavy atom. The van der Waals surface area contributed by atoms with E-state index in [0.717, 1.165) is 6.07 Å². The van der Waals surface area contributed by atoms with Crippen LogP contribution >= 0.6 is 0 Å². The summed E-state index contributed by atoms with van der Waals surface area (Å²) in [6.45, 7) is 0. The fourth-order valence-electron chi connectivity index (χ4n) is 0.832. The molecule has 0 saturated heterocycles. The van der Waals surface area contributed by atoms with Crippen LogP contribution in [0.1, 0.15) is 10.4 Å². The second-order valence-electron chi connectivity index (χ2n) is 2.39. The highest BCUT2D eigenvalue weighted by Crippen LogP contribution is 2.17. The van der Waals surface area contributed by atoms with Gasteiger partial charge in [-0.1, -0.05) is 0 Å². The predicted octanol–water partition coefficient (Wildman–Crippen LogP) is 1.18. The fraction of sp³-hybridized carbons (Fsp3) is 0. The summed E-state index contributed by atoms with van der Waals surface area (Å²) in [6.07, 6.45) is 0. The average Bonchev–Trinajstić information content (AvgIpc) is 2.01. The van der Waals surface area contributed by atoms with E-state index in [9.17, 15) is 21.5 Å². The fourth-order valence-corrected chi connectivity index (χ4v) is 1.35. The highest BCUT2D eigenvalue weighted by atomic mass is 32.3. The van der Waals surface area contributed by atoms with Crippen molar-refractivity contribution in [3.05, 3.63) is 29.6 Å². The molecule has 0 saturated carbocycles. The molecule has 0 heterocycles. The number of hydrogen-bond acceptors (Lipinski definition) is 3. The molecule has 76 valence electrons. The zero-order valence-electron chi connectivity index (χ0n) is 6.57. The summed E-state index contributed by atoms with van der Waals surface area (Å²) in [4.78, 5) is 9.14. The average molecular weight is 222 g/mol. The van der Waals surface area contributed by atoms with Crippen LogP contribution in [0.15, 0.2) is 23.1 Å². The monoisotopic (exact) mass is 222 g/mol. The molecule has 0 bridgehead atoms. The van der Waals surface area contributed by atoms with Crippen LogP contribution in [-0.4, -0.2) is 19.5 Å². The zero-order valence-corrected chi connectivity index (χ0v) is 7.38. The van der Waals surface area contributed by atoms with Crippen molar-refractivity contribution < 1.29 is 26.6 Å². The second-order valence-corrected chi connectivity index (χ2v) is 3.70. The minimum Gasteiger partial charge on any atom is -0.478 e. The molecule has 1 N–H and O–H groups in total. The van der Waals surface area contributed by atoms with Gasteiger partial charge in [0.1, 0.15) is 10.7 Å². The summed E-state index contributed by atoms with van der Waals surface area (Å²) in [5.74, 6) is -2.85. The molecule has 7 heteroatoms. The number of hydrogen-bond donors (Lipinski definition) is 1. The van der Waals surface area contributed by atoms with E-state index in [2.05, 4.69) is 0 Å². The van der Waals surface area contributed by atoms with Crippen molar-refractivity contribution in [1.29, 1.82) is 0 Å². The van der Waals surface area contributed by atoms with E-state index in [1.54, 1.807) is 0 Å². The number of benzene rings is 1. The minimum absolute atomic E-state index is 0.439. The van der Waals surface area contributed by atoms with Crippen molar-refractivity contribution in [2.24, 2.45) is 0 Å². The maximum absolute atomic E-state index is 12.8. The van der Waals surface area contributed by atoms with E-state index in [4.69, 9.17) is 5.11 Å². The van der Waals surface area contributed by atoms with E-state index < -0.39 is 32.5 Å². The highest BCUT2D eigenvalue weighted by Gasteiger charge is 2.19. The molecule has 0 aromatic heterocycles. The molecule has 0 atom stereocenters. The largest absolute Gasteiger partial charge is 0.478 e. The quantitative estimate of drug-likeness (QED) is 0.762. The van der Waals surface area contributed by atoms with Gasteiger partial charge in [-0.05, 0) is 18.2 Å². The molecule has 0 radical (unpaired) electrons. The first-order chi connectivity index (χ1) is 6.32. The first kappa shape index (κ1) is 10.6. The summed E-state index contributed by atoms with van der Waals surface area (Å²) < 4.78 is 45.7. The predicted molar refractivity (Wildman–Crippen MR) is 41.7 cm³/mol. The van der Waals surface area contributed by atoms with Gasteiger partial charge in [0.2, 0.25) is 0 Å². The van der Waals surface area contributed by atoms with E-state index in [1.807, 2.05) is 0 Å². The third-order valence-corrected chi connectivity index (χ3v) is 2.30. The molecule has 0 amide bonds. The van der Waals surface area contributed by atoms with Crippen molar-refractivity contribution in [2.75, 3.05) is 0 Å². The zero-order chi connectivity index (χ0) is 10.9. The van der Waals surface area contributed by atoms with Crippen LogP contribution in [0.3, 0.4) is 0 Å². The molecular weight excluding hydrogens is 218 g/mol. The number of halogens is 2. The highest BCUT2D eigenvalue weighted by molar-refractivity contribution is 7.86. The maximum Gasteiger partial charge on any atom is 0.335 e. The van der Waals surface area contributed by atoms with Gasteiger partial charge in [0.25, 0.3) is 0 Å². The summed E-state index contributed by atoms with van der Waals surface area (Å²) in [5, 5.41) is 8.39. The van der Waals surface area contributed by atoms with Gasteiger partial charge in [-0.25, -0.2) is 9.18 Å². The summed E-state index contributed by atoms with van der Waals surface area (Å²) in [7, 11) is -5.14. The summed E-state index contributed by atoms with van der Waals surface area (Å²) in [6, 6.07) is 1.81. The molecule has 14 heavy (non-hydrogen) atoms. The number of rotatable bonds is 2. The Labute approximate surface area is 78.0 Å². The molecule has 0 unspecified atom stereocenters. The van der Waals surface area contributed by atoms with Crippen LogP contribution in [0.5, 0.6) is 0 Å². The van der Waals surface area contributed by atoms with Crippen LogP contribution in [-0.2, 0) is 10.2 Å². The lowest BCUT2D eigenvalue weighted by Gasteiger charge is -1.98. The third-order valence-electron chi connectivity index (χ3n) is 1.44. The lowest BCUT2D eigenvalue weighted by Crippen LogP contribution is -2.01. The van der Waals surface area contributed by atoms with Crippen LogP contribution in [0.2, 0.25) is 0 Å². The lowest BCUT2D eigenvalue weighted by molar-refractivity contribution is 0.0696. The number of carboxylic acids is 1. The van der Waals surface area contributed by atoms with Gasteiger partial charge in [0.15, 0.2) is 0 Å². The number of carbonyl (C=O) groups is 1. The summed E-state index contributed by atoms with van der Waals surface area (Å²) >= 11 is 0. The van der Waals surface area contributed by atoms with Crippen molar-refractivity contribution in [3.8, 4) is 0 Å². The molecule has 0 aliphatic carbocycles. The molecule has 1 aromatic carbocycles. The van der Waals surface area contributed by atoms with Crippen LogP contribution in [0.25, 0.3) is 0 Å². The minimum atomic E-state index is -5.14. The van der Waals surface area contributed by atoms with Gasteiger partial charge in [-0.15, -0.1) is 3.89 Å². The molecule has 1 rings (SSSR count). The Morgan fingerprint density at radius 2 is 1.93 bits per heavy atom. The third kappa shape index (κ3) is 2.05. The topological polar surface area (TPSA) is 71.4 Å². The Hall–Kier alpha value is -1.50. The van der Waals surface area contributed by atoms with Gasteiger partial charge in [-0.2, -0.15) is 8.42 Å². The van der Waals surface area contributed by atoms with Gasteiger partial charge < -0.3 is 5.11 Å². The van der Waals surface area contributed by atoms with E-state index in [-0.39, 0.29) is 0 Å². The first-order valence-corrected chi connectivity index (χ1v) is 4.68. The normalized spacial score (nSPS) is 11.3. The van der Waals surface area contributed by atoms with Gasteiger partial charge in [-0.3, -0.25) is 0 Å². The molecular formula is C7H4F2O4S. The first-order valence-electron chi connectivity index (χ1n) is 3.30. The van der Waals surface area contributed by atoms with E-state index in [1.165, 1.54) is 0 Å². The standard InChI is InChI=1S/C7H4F2O4S/c8-5-3-4(7(10)11)1-2-6(5)14(9,12)13/h1-3H,(H,10,11). The van der Waals surface area contributed by atoms with Crippen LogP contribution in [0.4, 0.5) is 8.28 Å². The van der Waals surface area contributed by atoms with E-state index >= 15 is 0 Å². The summed E-state index contributed by atoms with van der Waals surface area (Å²) in [5.41, 5.74) is -0.449. The van der Waals surface area contributed by atoms with Crippen LogP contribution in [0, 0.1) is 5.82 Å². The molecule has 0 fully saturated rings. The van der Waals surface area contributed by atoms with E-state index in [0.29, 0.717) is 12.1 Å². The van der Waals surface area contributed by atoms with Crippen molar-refractivity contribution in [1.82, 2.24) is 0 Å². The van der Waals surface area contributed by atoms with Crippen molar-refractivity contribution in [3.63, 3.8) is 0 Å². The smallest absolute Gasteiger partial charge is 0.335 e. The Bertz CT molecular complexity index is 480. The van der Waals surface area contributed by atoms with Crippen LogP contribution < -0.4 is 0 Å². The number of carboxylic acid groups (broad SMARTS) is 1. The Balaban J connectivity index is 3.35. The van der Waals surface area contributed by atoms with Gasteiger partial charge in [0.05, 0.1) is 5.56 Å². The van der Waals surface area contributed by atoms with Crippen molar-refractivity contribution >= 4 is 16.2 Å². The lowest BCUT2D eigenvalue weighted by atomic mass is 10.2. The van der Waals surface area contributed by atoms with Gasteiger partial charge >= 0.3 is 16.2 Å². The molecule has 0 aliphatic rings. The molecule has 0 spiro atoms. The Morgan fingerprint density at radius 3 is 2.29 bits per heavy atom. The van der Waals surface area contributed by atoms with Gasteiger partial charge in [0, 0.05) is 0 Å². The van der Waals surface area contributed by atoms with Crippen molar-refractivity contribution in [2.45, 2.75) is 4.90 Å². The maximum atomic E-state index is 12.8. The second kappa shape index (κ2) is 3.33. The SMILES string of the molecule is O=C(O)c1ccc(S(=O)(=O)F)c(F)c1. The Kier molecular flexibility index (Phi) is 2.52. The molecule has 4 nitrogen and oxygen atoms in total.